The topological polar surface area (TPSA) is 41.3 Å². The molecule has 4 nitrogen and oxygen atoms in total. The van der Waals surface area contributed by atoms with Crippen molar-refractivity contribution in [3.8, 4) is 0 Å². The average Bonchev–Trinajstić information content (AvgIpc) is 2.98. The number of likely N-dealkylation sites (tertiary alicyclic amines) is 1. The first kappa shape index (κ1) is 13.1. The smallest absolute Gasteiger partial charge is 0.109 e. The van der Waals surface area contributed by atoms with Crippen LogP contribution in [0.5, 0.6) is 0 Å². The van der Waals surface area contributed by atoms with E-state index in [9.17, 15) is 5.11 Å². The van der Waals surface area contributed by atoms with Gasteiger partial charge in [0.05, 0.1) is 12.6 Å². The summed E-state index contributed by atoms with van der Waals surface area (Å²) in [6, 6.07) is 0.654. The number of aromatic nitrogens is 2. The zero-order chi connectivity index (χ0) is 13.4. The fraction of sp³-hybridized carbons (Fsp3) is 0.800. The van der Waals surface area contributed by atoms with Crippen molar-refractivity contribution in [2.45, 2.75) is 58.2 Å². The van der Waals surface area contributed by atoms with E-state index in [1.165, 1.54) is 31.0 Å². The molecule has 2 atom stereocenters. The van der Waals surface area contributed by atoms with Crippen LogP contribution in [0.3, 0.4) is 0 Å². The van der Waals surface area contributed by atoms with Crippen LogP contribution in [0.2, 0.25) is 0 Å². The van der Waals surface area contributed by atoms with E-state index in [0.717, 1.165) is 31.7 Å². The van der Waals surface area contributed by atoms with Crippen molar-refractivity contribution in [3.05, 3.63) is 17.7 Å². The molecular formula is C15H25N3O. The van der Waals surface area contributed by atoms with Crippen LogP contribution >= 0.6 is 0 Å². The predicted molar refractivity (Wildman–Crippen MR) is 75.1 cm³/mol. The largest absolute Gasteiger partial charge is 0.391 e. The summed E-state index contributed by atoms with van der Waals surface area (Å²) >= 11 is 0. The van der Waals surface area contributed by atoms with Crippen LogP contribution in [-0.2, 0) is 19.4 Å². The normalized spacial score (nSPS) is 28.0. The quantitative estimate of drug-likeness (QED) is 0.897. The molecule has 3 rings (SSSR count). The number of aryl methyl sites for hydroxylation is 1. The first-order valence-electron chi connectivity index (χ1n) is 7.59. The predicted octanol–water partition coefficient (Wildman–Crippen LogP) is 1.46. The molecule has 0 spiro atoms. The lowest BCUT2D eigenvalue weighted by atomic mass is 10.0. The van der Waals surface area contributed by atoms with E-state index < -0.39 is 0 Å². The molecule has 0 radical (unpaired) electrons. The van der Waals surface area contributed by atoms with Crippen molar-refractivity contribution in [2.24, 2.45) is 5.92 Å². The van der Waals surface area contributed by atoms with E-state index in [2.05, 4.69) is 28.3 Å². The van der Waals surface area contributed by atoms with Gasteiger partial charge in [-0.1, -0.05) is 0 Å². The number of rotatable bonds is 3. The SMILES string of the molecule is CC(C)N1CCC(Cc2ncc3n2CC(O)CC3)C1. The molecule has 2 aliphatic heterocycles. The number of nitrogens with zero attached hydrogens (tertiary/aromatic N) is 3. The van der Waals surface area contributed by atoms with E-state index in [-0.39, 0.29) is 6.10 Å². The summed E-state index contributed by atoms with van der Waals surface area (Å²) in [7, 11) is 0. The summed E-state index contributed by atoms with van der Waals surface area (Å²) < 4.78 is 2.26. The number of imidazole rings is 1. The molecular weight excluding hydrogens is 238 g/mol. The van der Waals surface area contributed by atoms with Gasteiger partial charge in [0, 0.05) is 30.9 Å². The fourth-order valence-electron chi connectivity index (χ4n) is 3.41. The molecule has 3 heterocycles. The molecule has 0 saturated carbocycles. The summed E-state index contributed by atoms with van der Waals surface area (Å²) in [6.07, 6.45) is 6.03. The molecule has 0 bridgehead atoms. The molecule has 0 aromatic carbocycles. The molecule has 4 heteroatoms. The van der Waals surface area contributed by atoms with Crippen LogP contribution in [-0.4, -0.2) is 44.8 Å². The van der Waals surface area contributed by atoms with Crippen LogP contribution < -0.4 is 0 Å². The Kier molecular flexibility index (Phi) is 3.63. The molecule has 106 valence electrons. The lowest BCUT2D eigenvalue weighted by molar-refractivity contribution is 0.129. The van der Waals surface area contributed by atoms with Crippen molar-refractivity contribution >= 4 is 0 Å². The molecule has 19 heavy (non-hydrogen) atoms. The van der Waals surface area contributed by atoms with Crippen molar-refractivity contribution in [1.29, 1.82) is 0 Å². The van der Waals surface area contributed by atoms with Gasteiger partial charge >= 0.3 is 0 Å². The molecule has 0 amide bonds. The lowest BCUT2D eigenvalue weighted by Crippen LogP contribution is -2.29. The molecule has 1 aromatic rings. The van der Waals surface area contributed by atoms with Gasteiger partial charge in [0.1, 0.15) is 5.82 Å². The second-order valence-electron chi connectivity index (χ2n) is 6.42. The summed E-state index contributed by atoms with van der Waals surface area (Å²) in [5.74, 6) is 1.91. The van der Waals surface area contributed by atoms with E-state index >= 15 is 0 Å². The van der Waals surface area contributed by atoms with E-state index in [0.29, 0.717) is 6.04 Å². The second kappa shape index (κ2) is 5.25. The summed E-state index contributed by atoms with van der Waals surface area (Å²) in [5, 5.41) is 9.82. The summed E-state index contributed by atoms with van der Waals surface area (Å²) in [6.45, 7) is 7.71. The number of aliphatic hydroxyl groups is 1. The second-order valence-corrected chi connectivity index (χ2v) is 6.42. The highest BCUT2D eigenvalue weighted by Gasteiger charge is 2.27. The first-order valence-corrected chi connectivity index (χ1v) is 7.59. The Balaban J connectivity index is 1.66. The van der Waals surface area contributed by atoms with Crippen molar-refractivity contribution < 1.29 is 5.11 Å². The third-order valence-corrected chi connectivity index (χ3v) is 4.67. The third-order valence-electron chi connectivity index (χ3n) is 4.67. The van der Waals surface area contributed by atoms with Gasteiger partial charge < -0.3 is 14.6 Å². The van der Waals surface area contributed by atoms with E-state index in [4.69, 9.17) is 0 Å². The van der Waals surface area contributed by atoms with Gasteiger partial charge in [-0.3, -0.25) is 0 Å². The minimum Gasteiger partial charge on any atom is -0.391 e. The number of hydrogen-bond acceptors (Lipinski definition) is 3. The number of fused-ring (bicyclic) bond motifs is 1. The molecule has 1 N–H and O–H groups in total. The van der Waals surface area contributed by atoms with Crippen molar-refractivity contribution in [2.75, 3.05) is 13.1 Å². The zero-order valence-corrected chi connectivity index (χ0v) is 12.0. The fourth-order valence-corrected chi connectivity index (χ4v) is 3.41. The Bertz CT molecular complexity index is 441. The van der Waals surface area contributed by atoms with Gasteiger partial charge in [0.15, 0.2) is 0 Å². The van der Waals surface area contributed by atoms with Gasteiger partial charge in [0.2, 0.25) is 0 Å². The Morgan fingerprint density at radius 1 is 1.37 bits per heavy atom. The zero-order valence-electron chi connectivity index (χ0n) is 12.0. The van der Waals surface area contributed by atoms with Crippen LogP contribution in [0.4, 0.5) is 0 Å². The maximum absolute atomic E-state index is 9.82. The lowest BCUT2D eigenvalue weighted by Gasteiger charge is -2.23. The van der Waals surface area contributed by atoms with Gasteiger partial charge in [-0.2, -0.15) is 0 Å². The standard InChI is InChI=1S/C15H25N3O/c1-11(2)17-6-5-12(9-17)7-15-16-8-13-3-4-14(19)10-18(13)15/h8,11-12,14,19H,3-7,9-10H2,1-2H3. The maximum Gasteiger partial charge on any atom is 0.109 e. The van der Waals surface area contributed by atoms with Gasteiger partial charge in [-0.25, -0.2) is 4.98 Å². The summed E-state index contributed by atoms with van der Waals surface area (Å²) in [4.78, 5) is 7.15. The van der Waals surface area contributed by atoms with E-state index in [1.54, 1.807) is 0 Å². The minimum atomic E-state index is -0.184. The molecule has 1 fully saturated rings. The monoisotopic (exact) mass is 263 g/mol. The molecule has 0 aliphatic carbocycles. The highest BCUT2D eigenvalue weighted by Crippen LogP contribution is 2.24. The van der Waals surface area contributed by atoms with Crippen LogP contribution in [0.1, 0.15) is 38.2 Å². The summed E-state index contributed by atoms with van der Waals surface area (Å²) in [5.41, 5.74) is 1.30. The van der Waals surface area contributed by atoms with Crippen molar-refractivity contribution in [3.63, 3.8) is 0 Å². The van der Waals surface area contributed by atoms with Crippen LogP contribution in [0.15, 0.2) is 6.20 Å². The third kappa shape index (κ3) is 2.70. The molecule has 1 saturated heterocycles. The van der Waals surface area contributed by atoms with Gasteiger partial charge in [-0.15, -0.1) is 0 Å². The average molecular weight is 263 g/mol. The Hall–Kier alpha value is -0.870. The first-order chi connectivity index (χ1) is 9.13. The minimum absolute atomic E-state index is 0.184. The highest BCUT2D eigenvalue weighted by molar-refractivity contribution is 5.10. The molecule has 2 unspecified atom stereocenters. The van der Waals surface area contributed by atoms with Crippen LogP contribution in [0, 0.1) is 5.92 Å². The van der Waals surface area contributed by atoms with Gasteiger partial charge in [0.25, 0.3) is 0 Å². The maximum atomic E-state index is 9.82. The van der Waals surface area contributed by atoms with Gasteiger partial charge in [-0.05, 0) is 45.6 Å². The number of hydrogen-bond donors (Lipinski definition) is 1. The number of aliphatic hydroxyl groups excluding tert-OH is 1. The Labute approximate surface area is 115 Å². The molecule has 1 aromatic heterocycles. The Morgan fingerprint density at radius 3 is 2.95 bits per heavy atom. The van der Waals surface area contributed by atoms with Crippen molar-refractivity contribution in [1.82, 2.24) is 14.5 Å². The van der Waals surface area contributed by atoms with E-state index in [1.807, 2.05) is 6.20 Å². The molecule has 2 aliphatic rings. The Morgan fingerprint density at radius 2 is 2.21 bits per heavy atom. The highest BCUT2D eigenvalue weighted by atomic mass is 16.3. The van der Waals surface area contributed by atoms with Crippen LogP contribution in [0.25, 0.3) is 0 Å².